The number of halogens is 3. The predicted octanol–water partition coefficient (Wildman–Crippen LogP) is 2.88. The zero-order valence-electron chi connectivity index (χ0n) is 14.3. The number of aliphatic carboxylic acids is 1. The molecule has 0 aliphatic carbocycles. The van der Waals surface area contributed by atoms with Gasteiger partial charge in [0.15, 0.2) is 0 Å². The quantitative estimate of drug-likeness (QED) is 0.579. The highest BCUT2D eigenvalue weighted by Crippen LogP contribution is 2.40. The molecule has 2 aliphatic rings. The highest BCUT2D eigenvalue weighted by molar-refractivity contribution is 5.73. The van der Waals surface area contributed by atoms with Crippen LogP contribution in [-0.2, 0) is 14.3 Å². The molecule has 2 aliphatic heterocycles. The van der Waals surface area contributed by atoms with Crippen LogP contribution in [0.5, 0.6) is 0 Å². The first-order valence-electron chi connectivity index (χ1n) is 8.19. The monoisotopic (exact) mass is 365 g/mol. The summed E-state index contributed by atoms with van der Waals surface area (Å²) in [5.74, 6) is -2.76. The number of carbonyl (C=O) groups is 1. The van der Waals surface area contributed by atoms with E-state index < -0.39 is 12.1 Å². The third-order valence-corrected chi connectivity index (χ3v) is 4.32. The summed E-state index contributed by atoms with van der Waals surface area (Å²) in [6.07, 6.45) is 2.57. The Morgan fingerprint density at radius 3 is 2.64 bits per heavy atom. The Morgan fingerprint density at radius 1 is 1.40 bits per heavy atom. The van der Waals surface area contributed by atoms with Gasteiger partial charge >= 0.3 is 12.1 Å². The van der Waals surface area contributed by atoms with E-state index in [1.807, 2.05) is 12.2 Å². The van der Waals surface area contributed by atoms with Gasteiger partial charge in [0.1, 0.15) is 0 Å². The summed E-state index contributed by atoms with van der Waals surface area (Å²) in [5, 5.41) is 7.12. The minimum absolute atomic E-state index is 0.183. The average Bonchev–Trinajstić information content (AvgIpc) is 2.55. The van der Waals surface area contributed by atoms with E-state index in [1.54, 1.807) is 0 Å². The van der Waals surface area contributed by atoms with Crippen LogP contribution in [0.15, 0.2) is 25.3 Å². The fourth-order valence-corrected chi connectivity index (χ4v) is 3.28. The molecule has 25 heavy (non-hydrogen) atoms. The molecule has 0 aromatic heterocycles. The van der Waals surface area contributed by atoms with Crippen LogP contribution in [0, 0.1) is 5.41 Å². The second-order valence-electron chi connectivity index (χ2n) is 6.24. The van der Waals surface area contributed by atoms with Crippen LogP contribution in [0.25, 0.3) is 0 Å². The van der Waals surface area contributed by atoms with Gasteiger partial charge in [-0.05, 0) is 19.3 Å². The molecule has 0 aromatic carbocycles. The van der Waals surface area contributed by atoms with Gasteiger partial charge in [-0.1, -0.05) is 12.2 Å². The van der Waals surface area contributed by atoms with Gasteiger partial charge < -0.3 is 14.6 Å². The molecule has 8 heteroatoms. The van der Waals surface area contributed by atoms with Gasteiger partial charge in [-0.25, -0.2) is 4.79 Å². The number of piperidine rings is 1. The lowest BCUT2D eigenvalue weighted by atomic mass is 9.73. The lowest BCUT2D eigenvalue weighted by Gasteiger charge is -2.50. The minimum atomic E-state index is -5.08. The first kappa shape index (κ1) is 21.7. The summed E-state index contributed by atoms with van der Waals surface area (Å²) < 4.78 is 43.5. The van der Waals surface area contributed by atoms with Crippen molar-refractivity contribution in [3.05, 3.63) is 25.3 Å². The molecule has 2 heterocycles. The second kappa shape index (κ2) is 9.94. The number of rotatable bonds is 6. The Kier molecular flexibility index (Phi) is 8.61. The normalized spacial score (nSPS) is 26.8. The molecule has 2 rings (SSSR count). The summed E-state index contributed by atoms with van der Waals surface area (Å²) in [6, 6.07) is 0. The molecule has 0 radical (unpaired) electrons. The van der Waals surface area contributed by atoms with Crippen molar-refractivity contribution < 1.29 is 32.5 Å². The van der Waals surface area contributed by atoms with E-state index in [0.717, 1.165) is 45.7 Å². The fraction of sp³-hybridized carbons (Fsp3) is 0.706. The first-order valence-corrected chi connectivity index (χ1v) is 8.19. The van der Waals surface area contributed by atoms with Crippen molar-refractivity contribution in [1.82, 2.24) is 4.90 Å². The topological polar surface area (TPSA) is 59.0 Å². The molecule has 0 amide bonds. The third-order valence-electron chi connectivity index (χ3n) is 4.32. The minimum Gasteiger partial charge on any atom is -0.475 e. The number of hydrogen-bond donors (Lipinski definition) is 1. The van der Waals surface area contributed by atoms with Crippen molar-refractivity contribution in [2.45, 2.75) is 31.5 Å². The number of nitrogens with zero attached hydrogens (tertiary/aromatic N) is 1. The molecule has 0 bridgehead atoms. The number of hydrogen-bond acceptors (Lipinski definition) is 4. The first-order chi connectivity index (χ1) is 11.7. The van der Waals surface area contributed by atoms with Crippen LogP contribution in [0.1, 0.15) is 19.3 Å². The molecule has 0 aromatic rings. The van der Waals surface area contributed by atoms with Gasteiger partial charge in [-0.3, -0.25) is 4.90 Å². The highest BCUT2D eigenvalue weighted by Gasteiger charge is 2.45. The molecule has 2 unspecified atom stereocenters. The van der Waals surface area contributed by atoms with Crippen LogP contribution in [-0.4, -0.2) is 67.7 Å². The Bertz CT molecular complexity index is 456. The lowest BCUT2D eigenvalue weighted by Crippen LogP contribution is -2.56. The summed E-state index contributed by atoms with van der Waals surface area (Å²) in [5.41, 5.74) is 0.183. The maximum atomic E-state index is 10.6. The number of alkyl halides is 3. The van der Waals surface area contributed by atoms with Crippen LogP contribution in [0.2, 0.25) is 0 Å². The van der Waals surface area contributed by atoms with Gasteiger partial charge in [0.05, 0.1) is 19.3 Å². The third kappa shape index (κ3) is 6.80. The van der Waals surface area contributed by atoms with Crippen LogP contribution < -0.4 is 0 Å². The van der Waals surface area contributed by atoms with Gasteiger partial charge in [-0.15, -0.1) is 13.2 Å². The molecule has 0 spiro atoms. The number of carboxylic acids is 1. The molecule has 1 N–H and O–H groups in total. The van der Waals surface area contributed by atoms with E-state index in [1.165, 1.54) is 6.42 Å². The predicted molar refractivity (Wildman–Crippen MR) is 87.4 cm³/mol. The smallest absolute Gasteiger partial charge is 0.475 e. The summed E-state index contributed by atoms with van der Waals surface area (Å²) in [6.45, 7) is 13.0. The Labute approximate surface area is 146 Å². The van der Waals surface area contributed by atoms with Crippen LogP contribution in [0.4, 0.5) is 13.2 Å². The Morgan fingerprint density at radius 2 is 2.08 bits per heavy atom. The molecular formula is C17H26F3NO4. The second-order valence-corrected chi connectivity index (χ2v) is 6.24. The van der Waals surface area contributed by atoms with E-state index >= 15 is 0 Å². The molecule has 144 valence electrons. The van der Waals surface area contributed by atoms with Crippen molar-refractivity contribution in [2.24, 2.45) is 5.41 Å². The molecule has 2 atom stereocenters. The van der Waals surface area contributed by atoms with E-state index in [-0.39, 0.29) is 5.41 Å². The van der Waals surface area contributed by atoms with Crippen molar-refractivity contribution >= 4 is 5.97 Å². The van der Waals surface area contributed by atoms with E-state index in [2.05, 4.69) is 18.1 Å². The van der Waals surface area contributed by atoms with Gasteiger partial charge in [0, 0.05) is 31.7 Å². The van der Waals surface area contributed by atoms with Gasteiger partial charge in [0.25, 0.3) is 0 Å². The maximum absolute atomic E-state index is 10.6. The SMILES string of the molecule is C=CCOCC12CCCOC1CCN(CC=C)C2.O=C(O)C(F)(F)F. The zero-order chi connectivity index (χ0) is 18.9. The van der Waals surface area contributed by atoms with Crippen LogP contribution in [0.3, 0.4) is 0 Å². The number of fused-ring (bicyclic) bond motifs is 1. The van der Waals surface area contributed by atoms with Crippen molar-refractivity contribution in [1.29, 1.82) is 0 Å². The fourth-order valence-electron chi connectivity index (χ4n) is 3.28. The van der Waals surface area contributed by atoms with Crippen molar-refractivity contribution in [3.8, 4) is 0 Å². The zero-order valence-corrected chi connectivity index (χ0v) is 14.3. The number of likely N-dealkylation sites (tertiary alicyclic amines) is 1. The molecule has 2 fully saturated rings. The average molecular weight is 365 g/mol. The summed E-state index contributed by atoms with van der Waals surface area (Å²) >= 11 is 0. The standard InChI is InChI=1S/C15H25NO2.C2HF3O2/c1-3-8-16-9-6-14-15(12-16,7-5-11-18-14)13-17-10-4-2;3-2(4,5)1(6)7/h3-4,14H,1-2,5-13H2;(H,6,7). The van der Waals surface area contributed by atoms with Crippen molar-refractivity contribution in [3.63, 3.8) is 0 Å². The van der Waals surface area contributed by atoms with Gasteiger partial charge in [-0.2, -0.15) is 13.2 Å². The summed E-state index contributed by atoms with van der Waals surface area (Å²) in [7, 11) is 0. The molecule has 0 saturated carbocycles. The number of carboxylic acid groups (broad SMARTS) is 1. The lowest BCUT2D eigenvalue weighted by molar-refractivity contribution is -0.192. The summed E-state index contributed by atoms with van der Waals surface area (Å²) in [4.78, 5) is 11.4. The largest absolute Gasteiger partial charge is 0.490 e. The number of ether oxygens (including phenoxy) is 2. The van der Waals surface area contributed by atoms with E-state index in [4.69, 9.17) is 19.4 Å². The van der Waals surface area contributed by atoms with Crippen LogP contribution >= 0.6 is 0 Å². The van der Waals surface area contributed by atoms with Gasteiger partial charge in [0.2, 0.25) is 0 Å². The maximum Gasteiger partial charge on any atom is 0.490 e. The van der Waals surface area contributed by atoms with E-state index in [9.17, 15) is 13.2 Å². The molecule has 5 nitrogen and oxygen atoms in total. The molecule has 2 saturated heterocycles. The van der Waals surface area contributed by atoms with Crippen molar-refractivity contribution in [2.75, 3.05) is 39.5 Å². The van der Waals surface area contributed by atoms with E-state index in [0.29, 0.717) is 12.7 Å². The Balaban J connectivity index is 0.000000381. The molecular weight excluding hydrogens is 339 g/mol. The highest BCUT2D eigenvalue weighted by atomic mass is 19.4. The Hall–Kier alpha value is -1.38.